The van der Waals surface area contributed by atoms with Crippen LogP contribution >= 0.6 is 0 Å². The highest BCUT2D eigenvalue weighted by Gasteiger charge is 2.30. The summed E-state index contributed by atoms with van der Waals surface area (Å²) in [5.74, 6) is 0.192. The number of aliphatic hydroxyl groups is 1. The fourth-order valence-corrected chi connectivity index (χ4v) is 2.82. The van der Waals surface area contributed by atoms with Gasteiger partial charge in [0.05, 0.1) is 11.4 Å². The van der Waals surface area contributed by atoms with Crippen LogP contribution in [-0.2, 0) is 0 Å². The van der Waals surface area contributed by atoms with Crippen molar-refractivity contribution in [1.82, 2.24) is 4.90 Å². The summed E-state index contributed by atoms with van der Waals surface area (Å²) in [4.78, 5) is 16.5. The van der Waals surface area contributed by atoms with Crippen LogP contribution in [0.25, 0.3) is 0 Å². The van der Waals surface area contributed by atoms with Crippen molar-refractivity contribution in [1.29, 1.82) is 0 Å². The van der Waals surface area contributed by atoms with Crippen molar-refractivity contribution in [3.63, 3.8) is 0 Å². The number of carbonyl (C=O) groups is 1. The zero-order valence-electron chi connectivity index (χ0n) is 12.4. The summed E-state index contributed by atoms with van der Waals surface area (Å²) >= 11 is 0. The Morgan fingerprint density at radius 1 is 1.05 bits per heavy atom. The van der Waals surface area contributed by atoms with E-state index in [-0.39, 0.29) is 18.6 Å². The largest absolute Gasteiger partial charge is 0.396 e. The van der Waals surface area contributed by atoms with Crippen LogP contribution in [-0.4, -0.2) is 35.7 Å². The Labute approximate surface area is 130 Å². The average molecular weight is 296 g/mol. The number of hydrogen-bond donors (Lipinski definition) is 1. The second kappa shape index (κ2) is 6.62. The van der Waals surface area contributed by atoms with Crippen LogP contribution in [0.1, 0.15) is 6.42 Å². The molecular formula is C18H20N2O2. The number of benzene rings is 2. The molecule has 0 unspecified atom stereocenters. The van der Waals surface area contributed by atoms with Crippen LogP contribution in [0, 0.1) is 5.92 Å². The van der Waals surface area contributed by atoms with Gasteiger partial charge in [0.2, 0.25) is 0 Å². The molecular weight excluding hydrogens is 276 g/mol. The van der Waals surface area contributed by atoms with Crippen LogP contribution in [0.2, 0.25) is 0 Å². The number of carbonyl (C=O) groups excluding carboxylic acids is 1. The van der Waals surface area contributed by atoms with Gasteiger partial charge in [0.25, 0.3) is 0 Å². The maximum absolute atomic E-state index is 13.0. The van der Waals surface area contributed by atoms with Gasteiger partial charge in [-0.1, -0.05) is 36.4 Å². The first kappa shape index (κ1) is 14.6. The molecule has 1 fully saturated rings. The molecule has 1 aliphatic rings. The zero-order chi connectivity index (χ0) is 15.4. The number of urea groups is 1. The van der Waals surface area contributed by atoms with E-state index in [0.29, 0.717) is 13.1 Å². The summed E-state index contributed by atoms with van der Waals surface area (Å²) in [5.41, 5.74) is 1.71. The van der Waals surface area contributed by atoms with Crippen molar-refractivity contribution in [2.24, 2.45) is 5.92 Å². The fraction of sp³-hybridized carbons (Fsp3) is 0.278. The van der Waals surface area contributed by atoms with Crippen molar-refractivity contribution >= 4 is 17.4 Å². The van der Waals surface area contributed by atoms with Gasteiger partial charge in [0.15, 0.2) is 0 Å². The number of nitrogens with zero attached hydrogens (tertiary/aromatic N) is 2. The predicted molar refractivity (Wildman–Crippen MR) is 87.2 cm³/mol. The van der Waals surface area contributed by atoms with Crippen molar-refractivity contribution in [2.75, 3.05) is 24.6 Å². The van der Waals surface area contributed by atoms with E-state index in [1.54, 1.807) is 4.90 Å². The molecule has 114 valence electrons. The summed E-state index contributed by atoms with van der Waals surface area (Å²) in [6.07, 6.45) is 0.861. The molecule has 4 heteroatoms. The van der Waals surface area contributed by atoms with E-state index in [9.17, 15) is 9.90 Å². The van der Waals surface area contributed by atoms with Crippen molar-refractivity contribution in [3.8, 4) is 0 Å². The Kier molecular flexibility index (Phi) is 4.39. The Morgan fingerprint density at radius 2 is 1.59 bits per heavy atom. The van der Waals surface area contributed by atoms with Gasteiger partial charge in [-0.25, -0.2) is 4.79 Å². The molecule has 4 nitrogen and oxygen atoms in total. The highest BCUT2D eigenvalue weighted by atomic mass is 16.3. The molecule has 1 atom stereocenters. The van der Waals surface area contributed by atoms with Crippen molar-refractivity contribution in [2.45, 2.75) is 6.42 Å². The van der Waals surface area contributed by atoms with Gasteiger partial charge in [0, 0.05) is 25.6 Å². The molecule has 22 heavy (non-hydrogen) atoms. The third kappa shape index (κ3) is 2.97. The van der Waals surface area contributed by atoms with Gasteiger partial charge in [-0.15, -0.1) is 0 Å². The van der Waals surface area contributed by atoms with E-state index in [2.05, 4.69) is 0 Å². The Balaban J connectivity index is 1.91. The molecule has 0 aliphatic carbocycles. The highest BCUT2D eigenvalue weighted by Crippen LogP contribution is 2.28. The summed E-state index contributed by atoms with van der Waals surface area (Å²) in [7, 11) is 0. The number of amides is 2. The average Bonchev–Trinajstić information content (AvgIpc) is 3.06. The number of likely N-dealkylation sites (tertiary alicyclic amines) is 1. The topological polar surface area (TPSA) is 43.8 Å². The second-order valence-corrected chi connectivity index (χ2v) is 5.57. The number of para-hydroxylation sites is 2. The van der Waals surface area contributed by atoms with Crippen LogP contribution in [0.15, 0.2) is 60.7 Å². The SMILES string of the molecule is O=C(N1CC[C@@H](CO)C1)N(c1ccccc1)c1ccccc1. The van der Waals surface area contributed by atoms with E-state index in [0.717, 1.165) is 17.8 Å². The van der Waals surface area contributed by atoms with Gasteiger partial charge in [0.1, 0.15) is 0 Å². The minimum Gasteiger partial charge on any atom is -0.396 e. The van der Waals surface area contributed by atoms with Crippen molar-refractivity contribution < 1.29 is 9.90 Å². The number of hydrogen-bond acceptors (Lipinski definition) is 2. The van der Waals surface area contributed by atoms with Gasteiger partial charge in [-0.05, 0) is 30.7 Å². The van der Waals surface area contributed by atoms with Gasteiger partial charge in [-0.2, -0.15) is 0 Å². The maximum atomic E-state index is 13.0. The normalized spacial score (nSPS) is 17.5. The fourth-order valence-electron chi connectivity index (χ4n) is 2.82. The number of anilines is 2. The minimum absolute atomic E-state index is 0.0339. The molecule has 2 aromatic carbocycles. The molecule has 0 aromatic heterocycles. The lowest BCUT2D eigenvalue weighted by atomic mass is 10.1. The van der Waals surface area contributed by atoms with Crippen LogP contribution in [0.3, 0.4) is 0 Å². The molecule has 3 rings (SSSR count). The van der Waals surface area contributed by atoms with Gasteiger partial charge in [-0.3, -0.25) is 4.90 Å². The lowest BCUT2D eigenvalue weighted by molar-refractivity contribution is 0.205. The summed E-state index contributed by atoms with van der Waals surface area (Å²) in [6.45, 7) is 1.45. The Morgan fingerprint density at radius 3 is 2.05 bits per heavy atom. The first-order valence-corrected chi connectivity index (χ1v) is 7.59. The molecule has 0 spiro atoms. The molecule has 0 saturated carbocycles. The lowest BCUT2D eigenvalue weighted by Crippen LogP contribution is -2.39. The summed E-state index contributed by atoms with van der Waals surface area (Å²) in [6, 6.07) is 19.3. The molecule has 1 saturated heterocycles. The summed E-state index contributed by atoms with van der Waals surface area (Å²) in [5, 5.41) is 9.29. The third-order valence-electron chi connectivity index (χ3n) is 4.03. The molecule has 0 radical (unpaired) electrons. The number of rotatable bonds is 3. The smallest absolute Gasteiger partial charge is 0.329 e. The molecule has 1 heterocycles. The first-order valence-electron chi connectivity index (χ1n) is 7.59. The predicted octanol–water partition coefficient (Wildman–Crippen LogP) is 3.26. The Bertz CT molecular complexity index is 576. The standard InChI is InChI=1S/C18H20N2O2/c21-14-15-11-12-19(13-15)18(22)20(16-7-3-1-4-8-16)17-9-5-2-6-10-17/h1-10,15,21H,11-14H2/t15-/m1/s1. The number of aliphatic hydroxyl groups excluding tert-OH is 1. The quantitative estimate of drug-likeness (QED) is 0.945. The van der Waals surface area contributed by atoms with E-state index >= 15 is 0 Å². The van der Waals surface area contributed by atoms with E-state index in [1.165, 1.54) is 0 Å². The van der Waals surface area contributed by atoms with Gasteiger partial charge >= 0.3 is 6.03 Å². The monoisotopic (exact) mass is 296 g/mol. The van der Waals surface area contributed by atoms with Gasteiger partial charge < -0.3 is 10.0 Å². The molecule has 0 bridgehead atoms. The van der Waals surface area contributed by atoms with E-state index < -0.39 is 0 Å². The Hall–Kier alpha value is -2.33. The second-order valence-electron chi connectivity index (χ2n) is 5.57. The maximum Gasteiger partial charge on any atom is 0.329 e. The third-order valence-corrected chi connectivity index (χ3v) is 4.03. The summed E-state index contributed by atoms with van der Waals surface area (Å²) < 4.78 is 0. The molecule has 1 aliphatic heterocycles. The van der Waals surface area contributed by atoms with E-state index in [1.807, 2.05) is 65.6 Å². The zero-order valence-corrected chi connectivity index (χ0v) is 12.4. The lowest BCUT2D eigenvalue weighted by Gasteiger charge is -2.28. The van der Waals surface area contributed by atoms with Crippen molar-refractivity contribution in [3.05, 3.63) is 60.7 Å². The van der Waals surface area contributed by atoms with Crippen LogP contribution in [0.5, 0.6) is 0 Å². The molecule has 2 aromatic rings. The van der Waals surface area contributed by atoms with Crippen LogP contribution in [0.4, 0.5) is 16.2 Å². The van der Waals surface area contributed by atoms with E-state index in [4.69, 9.17) is 0 Å². The molecule has 2 amide bonds. The first-order chi connectivity index (χ1) is 10.8. The highest BCUT2D eigenvalue weighted by molar-refractivity contribution is 5.99. The minimum atomic E-state index is -0.0339. The van der Waals surface area contributed by atoms with Crippen LogP contribution < -0.4 is 4.90 Å². The molecule has 1 N–H and O–H groups in total.